The van der Waals surface area contributed by atoms with Crippen LogP contribution in [0.15, 0.2) is 53.7 Å². The number of nitrogens with zero attached hydrogens (tertiary/aromatic N) is 3. The zero-order valence-electron chi connectivity index (χ0n) is 13.7. The minimum atomic E-state index is -0.516. The number of anilines is 1. The minimum Gasteiger partial charge on any atom is -0.338 e. The number of carbonyl (C=O) groups is 1. The quantitative estimate of drug-likeness (QED) is 0.537. The first-order valence-corrected chi connectivity index (χ1v) is 8.83. The number of carbonyl (C=O) groups excluding carboxylic acids is 1. The summed E-state index contributed by atoms with van der Waals surface area (Å²) in [5, 5.41) is 11.7. The number of aromatic nitrogens is 4. The van der Waals surface area contributed by atoms with Crippen LogP contribution in [0, 0.1) is 5.82 Å². The van der Waals surface area contributed by atoms with E-state index in [9.17, 15) is 9.18 Å². The Bertz CT molecular complexity index is 1110. The Morgan fingerprint density at radius 2 is 1.92 bits per heavy atom. The van der Waals surface area contributed by atoms with Crippen LogP contribution in [0.2, 0.25) is 0 Å². The smallest absolute Gasteiger partial charge is 0.237 e. The summed E-state index contributed by atoms with van der Waals surface area (Å²) in [5.41, 5.74) is 2.38. The highest BCUT2D eigenvalue weighted by Crippen LogP contribution is 2.25. The van der Waals surface area contributed by atoms with E-state index >= 15 is 0 Å². The van der Waals surface area contributed by atoms with Crippen molar-refractivity contribution in [1.82, 2.24) is 20.2 Å². The maximum atomic E-state index is 13.7. The molecule has 2 N–H and O–H groups in total. The second-order valence-corrected chi connectivity index (χ2v) is 7.00. The van der Waals surface area contributed by atoms with Gasteiger partial charge in [0.2, 0.25) is 11.1 Å². The van der Waals surface area contributed by atoms with Gasteiger partial charge in [-0.2, -0.15) is 0 Å². The van der Waals surface area contributed by atoms with Crippen LogP contribution >= 0.6 is 11.8 Å². The molecule has 0 radical (unpaired) electrons. The molecule has 0 aliphatic rings. The van der Waals surface area contributed by atoms with Crippen LogP contribution in [0.1, 0.15) is 6.92 Å². The number of thioether (sulfide) groups is 1. The second kappa shape index (κ2) is 6.72. The summed E-state index contributed by atoms with van der Waals surface area (Å²) >= 11 is 1.16. The number of H-pyrrole nitrogens is 1. The molecule has 0 spiro atoms. The van der Waals surface area contributed by atoms with E-state index in [0.29, 0.717) is 16.3 Å². The Morgan fingerprint density at radius 1 is 1.15 bits per heavy atom. The molecule has 0 bridgehead atoms. The summed E-state index contributed by atoms with van der Waals surface area (Å²) in [6, 6.07) is 13.8. The van der Waals surface area contributed by atoms with Crippen molar-refractivity contribution in [3.8, 4) is 0 Å². The van der Waals surface area contributed by atoms with Gasteiger partial charge in [0.25, 0.3) is 0 Å². The summed E-state index contributed by atoms with van der Waals surface area (Å²) < 4.78 is 13.7. The Kier molecular flexibility index (Phi) is 4.26. The van der Waals surface area contributed by atoms with Gasteiger partial charge in [-0.15, -0.1) is 10.2 Å². The lowest BCUT2D eigenvalue weighted by Crippen LogP contribution is -2.23. The van der Waals surface area contributed by atoms with E-state index in [1.54, 1.807) is 19.1 Å². The highest BCUT2D eigenvalue weighted by Gasteiger charge is 2.18. The summed E-state index contributed by atoms with van der Waals surface area (Å²) in [6.45, 7) is 1.71. The third-order valence-electron chi connectivity index (χ3n) is 3.89. The van der Waals surface area contributed by atoms with Crippen molar-refractivity contribution >= 4 is 45.4 Å². The van der Waals surface area contributed by atoms with Crippen LogP contribution in [0.25, 0.3) is 22.1 Å². The maximum Gasteiger partial charge on any atom is 0.237 e. The molecule has 26 heavy (non-hydrogen) atoms. The first kappa shape index (κ1) is 16.5. The highest BCUT2D eigenvalue weighted by atomic mass is 32.2. The van der Waals surface area contributed by atoms with Crippen molar-refractivity contribution in [2.75, 3.05) is 5.32 Å². The molecule has 0 saturated heterocycles. The van der Waals surface area contributed by atoms with Gasteiger partial charge in [-0.1, -0.05) is 42.1 Å². The molecule has 2 aromatic heterocycles. The molecule has 1 unspecified atom stereocenters. The van der Waals surface area contributed by atoms with Crippen LogP contribution < -0.4 is 5.32 Å². The number of hydrogen-bond acceptors (Lipinski definition) is 5. The highest BCUT2D eigenvalue weighted by molar-refractivity contribution is 8.00. The molecule has 0 saturated carbocycles. The maximum absolute atomic E-state index is 13.7. The summed E-state index contributed by atoms with van der Waals surface area (Å²) in [4.78, 5) is 19.9. The largest absolute Gasteiger partial charge is 0.338 e. The van der Waals surface area contributed by atoms with Gasteiger partial charge < -0.3 is 10.3 Å². The lowest BCUT2D eigenvalue weighted by Gasteiger charge is -2.11. The van der Waals surface area contributed by atoms with E-state index in [0.717, 1.165) is 22.7 Å². The van der Waals surface area contributed by atoms with Crippen LogP contribution in [0.3, 0.4) is 0 Å². The number of aromatic amines is 1. The normalized spacial score (nSPS) is 12.4. The Balaban J connectivity index is 1.53. The van der Waals surface area contributed by atoms with E-state index in [2.05, 4.69) is 25.5 Å². The van der Waals surface area contributed by atoms with E-state index < -0.39 is 11.1 Å². The van der Waals surface area contributed by atoms with Gasteiger partial charge in [0.1, 0.15) is 11.3 Å². The van der Waals surface area contributed by atoms with Gasteiger partial charge >= 0.3 is 0 Å². The molecule has 6 nitrogen and oxygen atoms in total. The number of hydrogen-bond donors (Lipinski definition) is 2. The molecule has 1 atom stereocenters. The molecule has 2 aromatic carbocycles. The van der Waals surface area contributed by atoms with E-state index in [4.69, 9.17) is 0 Å². The summed E-state index contributed by atoms with van der Waals surface area (Å²) in [7, 11) is 0. The number of halogens is 1. The molecule has 8 heteroatoms. The van der Waals surface area contributed by atoms with Gasteiger partial charge in [0.15, 0.2) is 5.65 Å². The molecule has 4 rings (SSSR count). The first-order chi connectivity index (χ1) is 12.6. The zero-order valence-corrected chi connectivity index (χ0v) is 14.5. The molecular formula is C18H14FN5OS. The van der Waals surface area contributed by atoms with Crippen molar-refractivity contribution < 1.29 is 9.18 Å². The topological polar surface area (TPSA) is 83.6 Å². The van der Waals surface area contributed by atoms with E-state index in [1.165, 1.54) is 12.1 Å². The Hall–Kier alpha value is -3.00. The lowest BCUT2D eigenvalue weighted by molar-refractivity contribution is -0.115. The monoisotopic (exact) mass is 367 g/mol. The molecule has 0 aliphatic carbocycles. The minimum absolute atomic E-state index is 0.148. The number of para-hydroxylation sites is 2. The van der Waals surface area contributed by atoms with Crippen molar-refractivity contribution in [2.45, 2.75) is 17.3 Å². The fourth-order valence-corrected chi connectivity index (χ4v) is 3.28. The van der Waals surface area contributed by atoms with Crippen LogP contribution in [-0.2, 0) is 4.79 Å². The van der Waals surface area contributed by atoms with Crippen molar-refractivity contribution in [1.29, 1.82) is 0 Å². The first-order valence-electron chi connectivity index (χ1n) is 7.95. The average Bonchev–Trinajstić information content (AvgIpc) is 3.01. The molecule has 4 aromatic rings. The number of nitrogens with one attached hydrogen (secondary N) is 2. The van der Waals surface area contributed by atoms with E-state index in [1.807, 2.05) is 24.3 Å². The van der Waals surface area contributed by atoms with Crippen LogP contribution in [0.4, 0.5) is 10.1 Å². The zero-order chi connectivity index (χ0) is 18.1. The third kappa shape index (κ3) is 3.11. The van der Waals surface area contributed by atoms with Crippen molar-refractivity contribution in [2.24, 2.45) is 0 Å². The lowest BCUT2D eigenvalue weighted by atomic mass is 10.2. The number of benzene rings is 2. The molecule has 2 heterocycles. The van der Waals surface area contributed by atoms with Crippen LogP contribution in [-0.4, -0.2) is 31.3 Å². The predicted octanol–water partition coefficient (Wildman–Crippen LogP) is 3.76. The number of fused-ring (bicyclic) bond motifs is 3. The Labute approximate surface area is 152 Å². The van der Waals surface area contributed by atoms with Gasteiger partial charge in [0.05, 0.1) is 10.9 Å². The van der Waals surface area contributed by atoms with Gasteiger partial charge in [-0.05, 0) is 25.1 Å². The van der Waals surface area contributed by atoms with Gasteiger partial charge in [-0.3, -0.25) is 4.79 Å². The summed E-state index contributed by atoms with van der Waals surface area (Å²) in [5.74, 6) is -0.809. The third-order valence-corrected chi connectivity index (χ3v) is 4.84. The molecule has 0 fully saturated rings. The molecule has 1 amide bonds. The average molecular weight is 367 g/mol. The number of amides is 1. The standard InChI is InChI=1S/C18H14FN5OS/c1-10(17(25)21-14-9-5-3-7-12(14)19)26-18-22-16-15(23-24-18)11-6-2-4-8-13(11)20-16/h2-10H,1H3,(H,21,25)(H,20,22,24). The summed E-state index contributed by atoms with van der Waals surface area (Å²) in [6.07, 6.45) is 0. The second-order valence-electron chi connectivity index (χ2n) is 5.69. The van der Waals surface area contributed by atoms with E-state index in [-0.39, 0.29) is 11.6 Å². The Morgan fingerprint density at radius 3 is 2.77 bits per heavy atom. The van der Waals surface area contributed by atoms with Gasteiger partial charge in [-0.25, -0.2) is 9.37 Å². The molecular weight excluding hydrogens is 353 g/mol. The van der Waals surface area contributed by atoms with Gasteiger partial charge in [0, 0.05) is 10.9 Å². The molecule has 130 valence electrons. The van der Waals surface area contributed by atoms with Crippen LogP contribution in [0.5, 0.6) is 0 Å². The van der Waals surface area contributed by atoms with Crippen molar-refractivity contribution in [3.63, 3.8) is 0 Å². The SMILES string of the molecule is CC(Sc1nnc2c(n1)[nH]c1ccccc12)C(=O)Nc1ccccc1F. The van der Waals surface area contributed by atoms with Crippen molar-refractivity contribution in [3.05, 3.63) is 54.3 Å². The fourth-order valence-electron chi connectivity index (χ4n) is 2.56. The molecule has 0 aliphatic heterocycles. The predicted molar refractivity (Wildman–Crippen MR) is 99.5 cm³/mol. The fraction of sp³-hybridized carbons (Fsp3) is 0.111. The number of rotatable bonds is 4.